The number of fused-ring (bicyclic) bond motifs is 1. The second kappa shape index (κ2) is 8.30. The van der Waals surface area contributed by atoms with Crippen LogP contribution >= 0.6 is 0 Å². The van der Waals surface area contributed by atoms with E-state index >= 15 is 0 Å². The maximum absolute atomic E-state index is 14.1. The van der Waals surface area contributed by atoms with Crippen molar-refractivity contribution in [3.05, 3.63) is 29.1 Å². The number of halogens is 1. The van der Waals surface area contributed by atoms with Crippen molar-refractivity contribution in [2.24, 2.45) is 0 Å². The highest BCUT2D eigenvalue weighted by Gasteiger charge is 2.34. The molecule has 2 aliphatic heterocycles. The number of aryl methyl sites for hydroxylation is 1. The number of amides is 2. The number of rotatable bonds is 3. The second-order valence-corrected chi connectivity index (χ2v) is 8.73. The van der Waals surface area contributed by atoms with Gasteiger partial charge in [-0.3, -0.25) is 14.5 Å². The monoisotopic (exact) mass is 402 g/mol. The van der Waals surface area contributed by atoms with E-state index in [1.165, 1.54) is 6.07 Å². The molecule has 1 unspecified atom stereocenters. The van der Waals surface area contributed by atoms with E-state index in [4.69, 9.17) is 0 Å². The molecule has 6 nitrogen and oxygen atoms in total. The van der Waals surface area contributed by atoms with Crippen LogP contribution in [0.2, 0.25) is 0 Å². The number of anilines is 1. The normalized spacial score (nSPS) is 27.3. The average molecular weight is 403 g/mol. The summed E-state index contributed by atoms with van der Waals surface area (Å²) in [5.41, 5.74) is 2.35. The topological polar surface area (TPSA) is 64.7 Å². The van der Waals surface area contributed by atoms with Crippen LogP contribution in [0.1, 0.15) is 50.2 Å². The van der Waals surface area contributed by atoms with Gasteiger partial charge in [-0.1, -0.05) is 6.07 Å². The van der Waals surface area contributed by atoms with Crippen LogP contribution in [0.5, 0.6) is 0 Å². The van der Waals surface area contributed by atoms with Crippen molar-refractivity contribution in [3.63, 3.8) is 0 Å². The van der Waals surface area contributed by atoms with Crippen LogP contribution in [0, 0.1) is 12.7 Å². The molecule has 2 fully saturated rings. The number of carbonyl (C=O) groups excluding carboxylic acids is 2. The van der Waals surface area contributed by atoms with Crippen LogP contribution in [-0.2, 0) is 16.0 Å². The Bertz CT molecular complexity index is 768. The summed E-state index contributed by atoms with van der Waals surface area (Å²) in [5.74, 6) is -0.161. The molecule has 0 radical (unpaired) electrons. The Morgan fingerprint density at radius 1 is 1.21 bits per heavy atom. The Balaban J connectivity index is 1.34. The largest absolute Gasteiger partial charge is 0.373 e. The molecular formula is C22H31FN4O2. The van der Waals surface area contributed by atoms with Gasteiger partial charge in [-0.2, -0.15) is 0 Å². The van der Waals surface area contributed by atoms with Gasteiger partial charge in [0, 0.05) is 49.8 Å². The number of benzene rings is 1. The molecule has 1 aromatic carbocycles. The van der Waals surface area contributed by atoms with E-state index in [-0.39, 0.29) is 23.7 Å². The Labute approximate surface area is 171 Å². The van der Waals surface area contributed by atoms with Crippen LogP contribution in [0.3, 0.4) is 0 Å². The molecule has 7 heteroatoms. The summed E-state index contributed by atoms with van der Waals surface area (Å²) >= 11 is 0. The summed E-state index contributed by atoms with van der Waals surface area (Å²) in [5, 5.41) is 6.43. The molecule has 1 saturated heterocycles. The molecule has 3 atom stereocenters. The van der Waals surface area contributed by atoms with Crippen molar-refractivity contribution in [1.82, 2.24) is 15.1 Å². The Hall–Kier alpha value is -2.15. The van der Waals surface area contributed by atoms with E-state index < -0.39 is 6.04 Å². The predicted molar refractivity (Wildman–Crippen MR) is 110 cm³/mol. The number of nitrogens with zero attached hydrogens (tertiary/aromatic N) is 2. The van der Waals surface area contributed by atoms with Gasteiger partial charge in [-0.25, -0.2) is 4.39 Å². The van der Waals surface area contributed by atoms with Crippen molar-refractivity contribution < 1.29 is 14.0 Å². The van der Waals surface area contributed by atoms with Crippen molar-refractivity contribution in [3.8, 4) is 0 Å². The molecule has 3 aliphatic rings. The number of nitrogens with one attached hydrogen (secondary N) is 2. The molecule has 0 aromatic heterocycles. The fourth-order valence-corrected chi connectivity index (χ4v) is 5.04. The standard InChI is InChI=1S/C22H31FN4O2/c1-14-7-8-19(23)18-12-20(25-21(14)18)22(29)24-16-5-3-6-17(11-16)27-10-4-9-26(13-27)15(2)28/h7-8,16-17,20,25H,3-6,9-13H2,1-2H3,(H,24,29)/t16-,17+,20?/m1/s1. The van der Waals surface area contributed by atoms with Crippen molar-refractivity contribution in [2.45, 2.75) is 70.5 Å². The van der Waals surface area contributed by atoms with Crippen molar-refractivity contribution in [2.75, 3.05) is 25.1 Å². The van der Waals surface area contributed by atoms with Gasteiger partial charge in [0.25, 0.3) is 0 Å². The van der Waals surface area contributed by atoms with E-state index in [1.54, 1.807) is 13.0 Å². The highest BCUT2D eigenvalue weighted by molar-refractivity contribution is 5.88. The highest BCUT2D eigenvalue weighted by Crippen LogP contribution is 2.32. The minimum atomic E-state index is -0.413. The van der Waals surface area contributed by atoms with E-state index in [0.29, 0.717) is 24.7 Å². The lowest BCUT2D eigenvalue weighted by atomic mass is 9.89. The SMILES string of the molecule is CC(=O)N1CCCN([C@H]2CCC[C@@H](NC(=O)C3Cc4c(F)ccc(C)c4N3)C2)C1. The minimum Gasteiger partial charge on any atom is -0.373 e. The lowest BCUT2D eigenvalue weighted by Gasteiger charge is -2.43. The van der Waals surface area contributed by atoms with E-state index in [9.17, 15) is 14.0 Å². The van der Waals surface area contributed by atoms with Gasteiger partial charge in [-0.15, -0.1) is 0 Å². The fourth-order valence-electron chi connectivity index (χ4n) is 5.04. The molecule has 2 heterocycles. The molecule has 1 saturated carbocycles. The van der Waals surface area contributed by atoms with Crippen LogP contribution < -0.4 is 10.6 Å². The average Bonchev–Trinajstić information content (AvgIpc) is 3.18. The summed E-state index contributed by atoms with van der Waals surface area (Å²) in [6, 6.07) is 3.33. The molecule has 4 rings (SSSR count). The molecular weight excluding hydrogens is 371 g/mol. The first-order chi connectivity index (χ1) is 13.9. The maximum atomic E-state index is 14.1. The highest BCUT2D eigenvalue weighted by atomic mass is 19.1. The van der Waals surface area contributed by atoms with Crippen molar-refractivity contribution >= 4 is 17.5 Å². The molecule has 1 aromatic rings. The lowest BCUT2D eigenvalue weighted by Crippen LogP contribution is -2.54. The third kappa shape index (κ3) is 4.25. The summed E-state index contributed by atoms with van der Waals surface area (Å²) in [6.07, 6.45) is 5.45. The Morgan fingerprint density at radius 3 is 2.79 bits per heavy atom. The third-order valence-corrected chi connectivity index (χ3v) is 6.69. The molecule has 158 valence electrons. The number of carbonyl (C=O) groups is 2. The Morgan fingerprint density at radius 2 is 2.03 bits per heavy atom. The van der Waals surface area contributed by atoms with Gasteiger partial charge < -0.3 is 15.5 Å². The van der Waals surface area contributed by atoms with Crippen molar-refractivity contribution in [1.29, 1.82) is 0 Å². The summed E-state index contributed by atoms with van der Waals surface area (Å²) in [6.45, 7) is 6.10. The molecule has 29 heavy (non-hydrogen) atoms. The first kappa shape index (κ1) is 20.1. The van der Waals surface area contributed by atoms with Gasteiger partial charge in [-0.05, 0) is 50.7 Å². The molecule has 0 spiro atoms. The van der Waals surface area contributed by atoms with Crippen LogP contribution in [0.25, 0.3) is 0 Å². The van der Waals surface area contributed by atoms with Gasteiger partial charge >= 0.3 is 0 Å². The van der Waals surface area contributed by atoms with Gasteiger partial charge in [0.05, 0.1) is 6.67 Å². The van der Waals surface area contributed by atoms with Gasteiger partial charge in [0.15, 0.2) is 0 Å². The Kier molecular flexibility index (Phi) is 5.76. The van der Waals surface area contributed by atoms with E-state index in [0.717, 1.165) is 56.4 Å². The summed E-state index contributed by atoms with van der Waals surface area (Å²) in [4.78, 5) is 28.9. The number of hydrogen-bond donors (Lipinski definition) is 2. The quantitative estimate of drug-likeness (QED) is 0.815. The van der Waals surface area contributed by atoms with Crippen LogP contribution in [0.4, 0.5) is 10.1 Å². The first-order valence-electron chi connectivity index (χ1n) is 10.8. The van der Waals surface area contributed by atoms with Gasteiger partial charge in [0.1, 0.15) is 11.9 Å². The van der Waals surface area contributed by atoms with Crippen LogP contribution in [0.15, 0.2) is 12.1 Å². The minimum absolute atomic E-state index is 0.0466. The van der Waals surface area contributed by atoms with E-state index in [2.05, 4.69) is 15.5 Å². The van der Waals surface area contributed by atoms with Gasteiger partial charge in [0.2, 0.25) is 11.8 Å². The smallest absolute Gasteiger partial charge is 0.243 e. The molecule has 2 N–H and O–H groups in total. The fraction of sp³-hybridized carbons (Fsp3) is 0.636. The summed E-state index contributed by atoms with van der Waals surface area (Å²) < 4.78 is 14.1. The molecule has 0 bridgehead atoms. The predicted octanol–water partition coefficient (Wildman–Crippen LogP) is 2.41. The van der Waals surface area contributed by atoms with E-state index in [1.807, 2.05) is 11.8 Å². The summed E-state index contributed by atoms with van der Waals surface area (Å²) in [7, 11) is 0. The number of hydrogen-bond acceptors (Lipinski definition) is 4. The zero-order valence-electron chi connectivity index (χ0n) is 17.3. The maximum Gasteiger partial charge on any atom is 0.243 e. The lowest BCUT2D eigenvalue weighted by molar-refractivity contribution is -0.133. The van der Waals surface area contributed by atoms with Crippen LogP contribution in [-0.4, -0.2) is 59.5 Å². The third-order valence-electron chi connectivity index (χ3n) is 6.69. The first-order valence-corrected chi connectivity index (χ1v) is 10.8. The zero-order chi connectivity index (χ0) is 20.5. The molecule has 1 aliphatic carbocycles. The molecule has 2 amide bonds. The zero-order valence-corrected chi connectivity index (χ0v) is 17.3. The second-order valence-electron chi connectivity index (χ2n) is 8.73.